The Morgan fingerprint density at radius 1 is 1.05 bits per heavy atom. The van der Waals surface area contributed by atoms with Gasteiger partial charge in [0.1, 0.15) is 11.5 Å². The van der Waals surface area contributed by atoms with Gasteiger partial charge in [-0.3, -0.25) is 9.10 Å². The lowest BCUT2D eigenvalue weighted by molar-refractivity contribution is 0.0955. The molecule has 0 bridgehead atoms. The van der Waals surface area contributed by atoms with Crippen LogP contribution in [0, 0.1) is 13.8 Å². The van der Waals surface area contributed by atoms with E-state index in [0.717, 1.165) is 10.0 Å². The third-order valence-electron chi connectivity index (χ3n) is 5.55. The molecule has 0 saturated heterocycles. The van der Waals surface area contributed by atoms with Gasteiger partial charge in [0.15, 0.2) is 0 Å². The van der Waals surface area contributed by atoms with Gasteiger partial charge in [-0.2, -0.15) is 5.10 Å². The number of carbonyl (C=O) groups excluding carboxylic acids is 1. The summed E-state index contributed by atoms with van der Waals surface area (Å²) in [7, 11) is -3.89. The van der Waals surface area contributed by atoms with Crippen LogP contribution in [-0.2, 0) is 16.6 Å². The molecule has 0 saturated carbocycles. The summed E-state index contributed by atoms with van der Waals surface area (Å²) >= 11 is 9.57. The molecular weight excluding hydrogens is 578 g/mol. The van der Waals surface area contributed by atoms with E-state index in [9.17, 15) is 13.2 Å². The molecule has 1 amide bonds. The van der Waals surface area contributed by atoms with E-state index in [1.807, 2.05) is 13.8 Å². The van der Waals surface area contributed by atoms with Gasteiger partial charge in [0.25, 0.3) is 15.9 Å². The number of furan rings is 1. The molecule has 1 aromatic heterocycles. The summed E-state index contributed by atoms with van der Waals surface area (Å²) < 4.78 is 34.8. The SMILES string of the molecule is Cc1ccc(Cl)cc1N(Cc1ccc(C(=O)N/N=C\c2cc(Br)c(C)o2)cc1)S(=O)(=O)c1ccccc1. The molecular formula is C27H23BrClN3O4S. The van der Waals surface area contributed by atoms with Crippen molar-refractivity contribution in [1.82, 2.24) is 5.43 Å². The van der Waals surface area contributed by atoms with Crippen molar-refractivity contribution in [2.45, 2.75) is 25.3 Å². The molecule has 0 aliphatic rings. The maximum atomic E-state index is 13.6. The first-order valence-corrected chi connectivity index (χ1v) is 13.8. The number of benzene rings is 3. The summed E-state index contributed by atoms with van der Waals surface area (Å²) in [5.41, 5.74) is 4.75. The molecule has 0 radical (unpaired) electrons. The van der Waals surface area contributed by atoms with Gasteiger partial charge < -0.3 is 4.42 Å². The Morgan fingerprint density at radius 2 is 1.76 bits per heavy atom. The third kappa shape index (κ3) is 6.30. The predicted octanol–water partition coefficient (Wildman–Crippen LogP) is 6.47. The van der Waals surface area contributed by atoms with Crippen molar-refractivity contribution >= 4 is 55.4 Å². The molecule has 0 atom stereocenters. The van der Waals surface area contributed by atoms with Crippen molar-refractivity contribution in [3.63, 3.8) is 0 Å². The highest BCUT2D eigenvalue weighted by Crippen LogP contribution is 2.31. The van der Waals surface area contributed by atoms with E-state index in [1.165, 1.54) is 10.5 Å². The van der Waals surface area contributed by atoms with Gasteiger partial charge in [0, 0.05) is 16.7 Å². The number of sulfonamides is 1. The number of hydrazone groups is 1. The lowest BCUT2D eigenvalue weighted by Gasteiger charge is -2.26. The minimum absolute atomic E-state index is 0.0468. The van der Waals surface area contributed by atoms with E-state index in [2.05, 4.69) is 26.5 Å². The van der Waals surface area contributed by atoms with Gasteiger partial charge in [-0.25, -0.2) is 13.8 Å². The van der Waals surface area contributed by atoms with E-state index < -0.39 is 15.9 Å². The van der Waals surface area contributed by atoms with Crippen LogP contribution in [-0.4, -0.2) is 20.5 Å². The molecule has 0 fully saturated rings. The molecule has 10 heteroatoms. The predicted molar refractivity (Wildman–Crippen MR) is 149 cm³/mol. The molecule has 1 heterocycles. The Hall–Kier alpha value is -3.40. The second kappa shape index (κ2) is 11.3. The van der Waals surface area contributed by atoms with Crippen LogP contribution in [0.4, 0.5) is 5.69 Å². The number of aryl methyl sites for hydroxylation is 2. The van der Waals surface area contributed by atoms with Crippen LogP contribution in [0.25, 0.3) is 0 Å². The molecule has 0 aliphatic heterocycles. The zero-order valence-electron chi connectivity index (χ0n) is 20.0. The first-order chi connectivity index (χ1) is 17.6. The van der Waals surface area contributed by atoms with E-state index in [1.54, 1.807) is 78.9 Å². The highest BCUT2D eigenvalue weighted by Gasteiger charge is 2.26. The van der Waals surface area contributed by atoms with Crippen LogP contribution in [0.1, 0.15) is 33.0 Å². The fraction of sp³-hybridized carbons (Fsp3) is 0.111. The van der Waals surface area contributed by atoms with Gasteiger partial charge in [-0.1, -0.05) is 48.0 Å². The minimum Gasteiger partial charge on any atom is -0.459 e. The number of rotatable bonds is 8. The summed E-state index contributed by atoms with van der Waals surface area (Å²) in [5.74, 6) is 0.792. The number of anilines is 1. The van der Waals surface area contributed by atoms with Crippen LogP contribution in [0.3, 0.4) is 0 Å². The Balaban J connectivity index is 1.56. The summed E-state index contributed by atoms with van der Waals surface area (Å²) in [4.78, 5) is 12.7. The largest absolute Gasteiger partial charge is 0.459 e. The summed E-state index contributed by atoms with van der Waals surface area (Å²) in [6.07, 6.45) is 1.41. The molecule has 37 heavy (non-hydrogen) atoms. The lowest BCUT2D eigenvalue weighted by Crippen LogP contribution is -2.31. The van der Waals surface area contributed by atoms with Gasteiger partial charge in [-0.15, -0.1) is 0 Å². The molecule has 1 N–H and O–H groups in total. The third-order valence-corrected chi connectivity index (χ3v) is 8.34. The van der Waals surface area contributed by atoms with Crippen LogP contribution in [0.15, 0.2) is 97.7 Å². The smallest absolute Gasteiger partial charge is 0.271 e. The van der Waals surface area contributed by atoms with Crippen LogP contribution >= 0.6 is 27.5 Å². The Bertz CT molecular complexity index is 1530. The van der Waals surface area contributed by atoms with E-state index in [4.69, 9.17) is 16.0 Å². The summed E-state index contributed by atoms with van der Waals surface area (Å²) in [6.45, 7) is 3.68. The van der Waals surface area contributed by atoms with Gasteiger partial charge in [0.05, 0.1) is 27.8 Å². The molecule has 4 aromatic rings. The molecule has 4 rings (SSSR count). The Kier molecular flexibility index (Phi) is 8.16. The maximum absolute atomic E-state index is 13.6. The first kappa shape index (κ1) is 26.7. The van der Waals surface area contributed by atoms with Crippen molar-refractivity contribution < 1.29 is 17.6 Å². The van der Waals surface area contributed by atoms with E-state index in [0.29, 0.717) is 33.4 Å². The molecule has 7 nitrogen and oxygen atoms in total. The standard InChI is InChI=1S/C27H23BrClN3O4S/c1-18-8-13-22(29)14-26(18)32(37(34,35)24-6-4-3-5-7-24)17-20-9-11-21(12-10-20)27(33)31-30-16-23-15-25(28)19(2)36-23/h3-16H,17H2,1-2H3,(H,31,33)/b30-16-. The normalized spacial score (nSPS) is 11.6. The second-order valence-electron chi connectivity index (χ2n) is 8.20. The zero-order valence-corrected chi connectivity index (χ0v) is 23.1. The minimum atomic E-state index is -3.89. The Labute approximate surface area is 228 Å². The highest BCUT2D eigenvalue weighted by molar-refractivity contribution is 9.10. The van der Waals surface area contributed by atoms with Crippen LogP contribution < -0.4 is 9.73 Å². The first-order valence-electron chi connectivity index (χ1n) is 11.2. The number of halogens is 2. The van der Waals surface area contributed by atoms with Gasteiger partial charge in [0.2, 0.25) is 0 Å². The summed E-state index contributed by atoms with van der Waals surface area (Å²) in [6, 6.07) is 21.8. The monoisotopic (exact) mass is 599 g/mol. The fourth-order valence-corrected chi connectivity index (χ4v) is 5.57. The number of amides is 1. The van der Waals surface area contributed by atoms with Crippen LogP contribution in [0.5, 0.6) is 0 Å². The van der Waals surface area contributed by atoms with Crippen molar-refractivity contribution in [3.05, 3.63) is 117 Å². The van der Waals surface area contributed by atoms with Crippen molar-refractivity contribution in [2.75, 3.05) is 4.31 Å². The maximum Gasteiger partial charge on any atom is 0.271 e. The Morgan fingerprint density at radius 3 is 2.41 bits per heavy atom. The summed E-state index contributed by atoms with van der Waals surface area (Å²) in [5, 5.41) is 4.36. The van der Waals surface area contributed by atoms with Gasteiger partial charge in [-0.05, 0) is 77.3 Å². The van der Waals surface area contributed by atoms with Gasteiger partial charge >= 0.3 is 0 Å². The topological polar surface area (TPSA) is 92.0 Å². The average molecular weight is 601 g/mol. The lowest BCUT2D eigenvalue weighted by atomic mass is 10.1. The van der Waals surface area contributed by atoms with Crippen molar-refractivity contribution in [3.8, 4) is 0 Å². The number of carbonyl (C=O) groups is 1. The number of hydrogen-bond donors (Lipinski definition) is 1. The fourth-order valence-electron chi connectivity index (χ4n) is 3.56. The van der Waals surface area contributed by atoms with Crippen molar-refractivity contribution in [1.29, 1.82) is 0 Å². The van der Waals surface area contributed by atoms with Crippen molar-refractivity contribution in [2.24, 2.45) is 5.10 Å². The van der Waals surface area contributed by atoms with E-state index >= 15 is 0 Å². The van der Waals surface area contributed by atoms with Crippen LogP contribution in [0.2, 0.25) is 5.02 Å². The molecule has 0 spiro atoms. The average Bonchev–Trinajstić information content (AvgIpc) is 3.21. The molecule has 3 aromatic carbocycles. The quantitative estimate of drug-likeness (QED) is 0.185. The molecule has 190 valence electrons. The zero-order chi connectivity index (χ0) is 26.6. The number of nitrogens with zero attached hydrogens (tertiary/aromatic N) is 2. The molecule has 0 unspecified atom stereocenters. The number of hydrogen-bond acceptors (Lipinski definition) is 5. The van der Waals surface area contributed by atoms with E-state index in [-0.39, 0.29) is 11.4 Å². The highest BCUT2D eigenvalue weighted by atomic mass is 79.9. The number of nitrogens with one attached hydrogen (secondary N) is 1. The molecule has 0 aliphatic carbocycles. The second-order valence-corrected chi connectivity index (χ2v) is 11.4.